The van der Waals surface area contributed by atoms with E-state index >= 15 is 0 Å². The van der Waals surface area contributed by atoms with E-state index in [2.05, 4.69) is 58.1 Å². The molecule has 1 aliphatic heterocycles. The van der Waals surface area contributed by atoms with Crippen molar-refractivity contribution in [2.24, 2.45) is 0 Å². The Hall–Kier alpha value is -2.92. The fourth-order valence-corrected chi connectivity index (χ4v) is 4.33. The quantitative estimate of drug-likeness (QED) is 0.559. The number of aryl methyl sites for hydroxylation is 1. The van der Waals surface area contributed by atoms with Crippen LogP contribution < -0.4 is 14.2 Å². The van der Waals surface area contributed by atoms with Crippen molar-refractivity contribution in [3.8, 4) is 17.2 Å². The maximum absolute atomic E-state index is 5.91. The summed E-state index contributed by atoms with van der Waals surface area (Å²) in [4.78, 5) is 2.53. The Bertz CT molecular complexity index is 960. The summed E-state index contributed by atoms with van der Waals surface area (Å²) in [6.07, 6.45) is 3.27. The molecule has 3 aromatic rings. The van der Waals surface area contributed by atoms with Gasteiger partial charge in [-0.25, -0.2) is 0 Å². The first-order chi connectivity index (χ1) is 14.7. The fourth-order valence-electron chi connectivity index (χ4n) is 4.33. The first-order valence-corrected chi connectivity index (χ1v) is 10.6. The van der Waals surface area contributed by atoms with Crippen molar-refractivity contribution in [1.82, 2.24) is 9.47 Å². The summed E-state index contributed by atoms with van der Waals surface area (Å²) < 4.78 is 19.4. The van der Waals surface area contributed by atoms with Gasteiger partial charge in [-0.2, -0.15) is 0 Å². The summed E-state index contributed by atoms with van der Waals surface area (Å²) in [5.74, 6) is 2.57. The molecule has 2 heterocycles. The van der Waals surface area contributed by atoms with Crippen LogP contribution in [0, 0.1) is 0 Å². The van der Waals surface area contributed by atoms with Gasteiger partial charge in [0.25, 0.3) is 0 Å². The lowest BCUT2D eigenvalue weighted by Crippen LogP contribution is -2.29. The number of fused-ring (bicyclic) bond motifs is 1. The summed E-state index contributed by atoms with van der Waals surface area (Å²) in [5, 5.41) is 0. The van der Waals surface area contributed by atoms with Crippen LogP contribution in [0.5, 0.6) is 17.2 Å². The van der Waals surface area contributed by atoms with Gasteiger partial charge in [-0.05, 0) is 49.2 Å². The lowest BCUT2D eigenvalue weighted by molar-refractivity contribution is 0.215. The second-order valence-corrected chi connectivity index (χ2v) is 7.54. The minimum atomic E-state index is 0.0983. The molecule has 0 fully saturated rings. The van der Waals surface area contributed by atoms with E-state index in [-0.39, 0.29) is 6.04 Å². The van der Waals surface area contributed by atoms with E-state index < -0.39 is 0 Å². The molecule has 1 unspecified atom stereocenters. The van der Waals surface area contributed by atoms with Crippen LogP contribution in [0.15, 0.2) is 60.8 Å². The van der Waals surface area contributed by atoms with Crippen molar-refractivity contribution in [3.63, 3.8) is 0 Å². The number of ether oxygens (including phenoxy) is 3. The van der Waals surface area contributed by atoms with E-state index in [1.165, 1.54) is 16.8 Å². The normalized spacial score (nSPS) is 16.6. The smallest absolute Gasteiger partial charge is 0.123 e. The van der Waals surface area contributed by atoms with Crippen LogP contribution in [0.2, 0.25) is 0 Å². The summed E-state index contributed by atoms with van der Waals surface area (Å²) in [6, 6.07) is 19.0. The van der Waals surface area contributed by atoms with Gasteiger partial charge < -0.3 is 18.8 Å². The molecule has 4 rings (SSSR count). The SMILES string of the molecule is CCOc1ccccc1CN1CCCn2cccc2C1c1cc(OC)cc(OC)c1. The summed E-state index contributed by atoms with van der Waals surface area (Å²) in [5.41, 5.74) is 3.66. The Kier molecular flexibility index (Phi) is 6.29. The average Bonchev–Trinajstić information content (AvgIpc) is 3.16. The number of aromatic nitrogens is 1. The second-order valence-electron chi connectivity index (χ2n) is 7.54. The molecule has 30 heavy (non-hydrogen) atoms. The van der Waals surface area contributed by atoms with Gasteiger partial charge in [0, 0.05) is 43.2 Å². The monoisotopic (exact) mass is 406 g/mol. The van der Waals surface area contributed by atoms with Gasteiger partial charge in [0.2, 0.25) is 0 Å². The van der Waals surface area contributed by atoms with Crippen molar-refractivity contribution in [2.75, 3.05) is 27.4 Å². The fraction of sp³-hybridized carbons (Fsp3) is 0.360. The highest BCUT2D eigenvalue weighted by molar-refractivity contribution is 5.43. The van der Waals surface area contributed by atoms with Gasteiger partial charge >= 0.3 is 0 Å². The van der Waals surface area contributed by atoms with E-state index in [0.29, 0.717) is 6.61 Å². The van der Waals surface area contributed by atoms with E-state index in [0.717, 1.165) is 43.3 Å². The molecule has 5 nitrogen and oxygen atoms in total. The molecule has 1 atom stereocenters. The molecule has 2 aromatic carbocycles. The van der Waals surface area contributed by atoms with Gasteiger partial charge in [-0.1, -0.05) is 18.2 Å². The van der Waals surface area contributed by atoms with E-state index in [9.17, 15) is 0 Å². The number of hydrogen-bond acceptors (Lipinski definition) is 4. The molecule has 0 aliphatic carbocycles. The topological polar surface area (TPSA) is 35.9 Å². The molecular weight excluding hydrogens is 376 g/mol. The Balaban J connectivity index is 1.78. The number of hydrogen-bond donors (Lipinski definition) is 0. The molecule has 0 saturated heterocycles. The summed E-state index contributed by atoms with van der Waals surface area (Å²) in [6.45, 7) is 5.51. The van der Waals surface area contributed by atoms with Crippen LogP contribution in [0.4, 0.5) is 0 Å². The minimum Gasteiger partial charge on any atom is -0.497 e. The molecule has 0 N–H and O–H groups in total. The Labute approximate surface area is 178 Å². The van der Waals surface area contributed by atoms with Gasteiger partial charge in [-0.15, -0.1) is 0 Å². The van der Waals surface area contributed by atoms with Crippen LogP contribution in [-0.4, -0.2) is 36.8 Å². The van der Waals surface area contributed by atoms with Gasteiger partial charge in [0.05, 0.1) is 26.9 Å². The lowest BCUT2D eigenvalue weighted by Gasteiger charge is -2.31. The number of nitrogens with zero attached hydrogens (tertiary/aromatic N) is 2. The molecule has 5 heteroatoms. The third kappa shape index (κ3) is 4.17. The molecule has 0 radical (unpaired) electrons. The number of rotatable bonds is 7. The van der Waals surface area contributed by atoms with E-state index in [4.69, 9.17) is 14.2 Å². The summed E-state index contributed by atoms with van der Waals surface area (Å²) >= 11 is 0. The highest BCUT2D eigenvalue weighted by Crippen LogP contribution is 2.37. The molecule has 158 valence electrons. The predicted molar refractivity (Wildman–Crippen MR) is 118 cm³/mol. The standard InChI is InChI=1S/C25H30N2O3/c1-4-30-24-11-6-5-9-19(24)18-27-14-8-13-26-12-7-10-23(26)25(27)20-15-21(28-2)17-22(16-20)29-3/h5-7,9-12,15-17,25H,4,8,13-14,18H2,1-3H3. The number of methoxy groups -OCH3 is 2. The third-order valence-corrected chi connectivity index (χ3v) is 5.69. The van der Waals surface area contributed by atoms with Crippen LogP contribution in [0.1, 0.15) is 36.2 Å². The Morgan fingerprint density at radius 2 is 1.70 bits per heavy atom. The van der Waals surface area contributed by atoms with Gasteiger partial charge in [-0.3, -0.25) is 4.90 Å². The molecule has 0 bridgehead atoms. The highest BCUT2D eigenvalue weighted by atomic mass is 16.5. The molecule has 0 saturated carbocycles. The lowest BCUT2D eigenvalue weighted by atomic mass is 10.00. The average molecular weight is 407 g/mol. The minimum absolute atomic E-state index is 0.0983. The first-order valence-electron chi connectivity index (χ1n) is 10.6. The van der Waals surface area contributed by atoms with Crippen LogP contribution in [0.25, 0.3) is 0 Å². The van der Waals surface area contributed by atoms with Gasteiger partial charge in [0.1, 0.15) is 17.2 Å². The van der Waals surface area contributed by atoms with Gasteiger partial charge in [0.15, 0.2) is 0 Å². The maximum Gasteiger partial charge on any atom is 0.123 e. The molecule has 1 aromatic heterocycles. The first kappa shape index (κ1) is 20.4. The summed E-state index contributed by atoms with van der Waals surface area (Å²) in [7, 11) is 3.40. The Morgan fingerprint density at radius 1 is 0.933 bits per heavy atom. The van der Waals surface area contributed by atoms with Crippen molar-refractivity contribution < 1.29 is 14.2 Å². The predicted octanol–water partition coefficient (Wildman–Crippen LogP) is 4.90. The van der Waals surface area contributed by atoms with Crippen LogP contribution >= 0.6 is 0 Å². The van der Waals surface area contributed by atoms with E-state index in [1.807, 2.05) is 19.1 Å². The van der Waals surface area contributed by atoms with Crippen molar-refractivity contribution in [3.05, 3.63) is 77.6 Å². The highest BCUT2D eigenvalue weighted by Gasteiger charge is 2.29. The molecule has 1 aliphatic rings. The van der Waals surface area contributed by atoms with Crippen LogP contribution in [-0.2, 0) is 13.1 Å². The molecule has 0 spiro atoms. The van der Waals surface area contributed by atoms with Crippen LogP contribution in [0.3, 0.4) is 0 Å². The zero-order chi connectivity index (χ0) is 20.9. The molecule has 0 amide bonds. The zero-order valence-corrected chi connectivity index (χ0v) is 18.0. The number of benzene rings is 2. The zero-order valence-electron chi connectivity index (χ0n) is 18.0. The van der Waals surface area contributed by atoms with E-state index in [1.54, 1.807) is 14.2 Å². The third-order valence-electron chi connectivity index (χ3n) is 5.69. The Morgan fingerprint density at radius 3 is 2.43 bits per heavy atom. The van der Waals surface area contributed by atoms with Crippen molar-refractivity contribution >= 4 is 0 Å². The molecular formula is C25H30N2O3. The largest absolute Gasteiger partial charge is 0.497 e. The van der Waals surface area contributed by atoms with Crippen molar-refractivity contribution in [1.29, 1.82) is 0 Å². The maximum atomic E-state index is 5.91. The second kappa shape index (κ2) is 9.26. The number of para-hydroxylation sites is 1. The van der Waals surface area contributed by atoms with Crippen molar-refractivity contribution in [2.45, 2.75) is 32.5 Å².